The van der Waals surface area contributed by atoms with Crippen molar-refractivity contribution in [1.82, 2.24) is 10.2 Å². The molecule has 38 heavy (non-hydrogen) atoms. The summed E-state index contributed by atoms with van der Waals surface area (Å²) in [6, 6.07) is 6.03. The first-order valence-corrected chi connectivity index (χ1v) is 13.7. The lowest BCUT2D eigenvalue weighted by Crippen LogP contribution is -2.44. The van der Waals surface area contributed by atoms with Crippen molar-refractivity contribution in [2.45, 2.75) is 84.7 Å². The van der Waals surface area contributed by atoms with E-state index in [9.17, 15) is 19.2 Å². The smallest absolute Gasteiger partial charge is 0.410 e. The number of likely N-dealkylation sites (tertiary alicyclic amines) is 1. The number of nitrogens with zero attached hydrogens (tertiary/aromatic N) is 1. The van der Waals surface area contributed by atoms with E-state index in [1.165, 1.54) is 5.57 Å². The Bertz CT molecular complexity index is 1170. The van der Waals surface area contributed by atoms with E-state index in [1.807, 2.05) is 50.0 Å². The lowest BCUT2D eigenvalue weighted by Gasteiger charge is -2.39. The molecule has 2 aliphatic heterocycles. The SMILES string of the molecule is CC(=O)c1cc(/C=C2/CCC3(CCN(C(=O)OC(C)(C)C)CC3)C2)ccc1C/C=C/C1CCC(=O)NC1=O. The summed E-state index contributed by atoms with van der Waals surface area (Å²) < 4.78 is 5.55. The van der Waals surface area contributed by atoms with E-state index < -0.39 is 5.60 Å². The fourth-order valence-corrected chi connectivity index (χ4v) is 5.80. The van der Waals surface area contributed by atoms with Crippen LogP contribution in [0, 0.1) is 11.3 Å². The molecule has 1 unspecified atom stereocenters. The number of ether oxygens (including phenoxy) is 1. The maximum Gasteiger partial charge on any atom is 0.410 e. The van der Waals surface area contributed by atoms with Crippen LogP contribution in [0.4, 0.5) is 4.79 Å². The molecule has 0 radical (unpaired) electrons. The second-order valence-electron chi connectivity index (χ2n) is 12.1. The number of allylic oxidation sites excluding steroid dienone is 2. The first kappa shape index (κ1) is 27.8. The normalized spacial score (nSPS) is 22.8. The fourth-order valence-electron chi connectivity index (χ4n) is 5.80. The standard InChI is InChI=1S/C31H40N2O5/c1-21(34)26-19-22(8-9-24(26)6-5-7-25-10-11-27(35)32-28(25)36)18-23-12-13-31(20-23)14-16-33(17-15-31)29(37)38-30(2,3)4/h5,7-9,18-19,25H,6,10-17,20H2,1-4H3,(H,32,35,36)/b7-5+,23-18-. The minimum absolute atomic E-state index is 0.0204. The number of piperidine rings is 2. The molecule has 7 nitrogen and oxygen atoms in total. The van der Waals surface area contributed by atoms with Crippen LogP contribution in [-0.4, -0.2) is 47.3 Å². The molecule has 3 amide bonds. The number of amides is 3. The number of imide groups is 1. The summed E-state index contributed by atoms with van der Waals surface area (Å²) in [5.74, 6) is -0.756. The molecule has 2 heterocycles. The second kappa shape index (κ2) is 11.3. The number of rotatable bonds is 5. The van der Waals surface area contributed by atoms with E-state index in [1.54, 1.807) is 6.92 Å². The largest absolute Gasteiger partial charge is 0.444 e. The molecule has 204 valence electrons. The van der Waals surface area contributed by atoms with Crippen LogP contribution in [0.25, 0.3) is 6.08 Å². The van der Waals surface area contributed by atoms with Crippen LogP contribution in [0.5, 0.6) is 0 Å². The third-order valence-electron chi connectivity index (χ3n) is 7.93. The lowest BCUT2D eigenvalue weighted by molar-refractivity contribution is -0.135. The van der Waals surface area contributed by atoms with Crippen molar-refractivity contribution in [3.05, 3.63) is 52.6 Å². The molecule has 1 N–H and O–H groups in total. The molecule has 1 spiro atoms. The highest BCUT2D eigenvalue weighted by atomic mass is 16.6. The van der Waals surface area contributed by atoms with Crippen LogP contribution >= 0.6 is 0 Å². The molecule has 0 aromatic heterocycles. The van der Waals surface area contributed by atoms with E-state index in [-0.39, 0.29) is 35.0 Å². The van der Waals surface area contributed by atoms with Gasteiger partial charge in [0.25, 0.3) is 0 Å². The lowest BCUT2D eigenvalue weighted by atomic mass is 9.77. The Labute approximate surface area is 225 Å². The molecule has 1 saturated carbocycles. The van der Waals surface area contributed by atoms with Crippen LogP contribution < -0.4 is 5.32 Å². The van der Waals surface area contributed by atoms with Crippen molar-refractivity contribution in [1.29, 1.82) is 0 Å². The van der Waals surface area contributed by atoms with E-state index in [0.717, 1.165) is 56.3 Å². The molecule has 0 bridgehead atoms. The number of ketones is 1. The number of hydrogen-bond acceptors (Lipinski definition) is 5. The molecule has 4 rings (SSSR count). The van der Waals surface area contributed by atoms with Gasteiger partial charge in [-0.15, -0.1) is 0 Å². The summed E-state index contributed by atoms with van der Waals surface area (Å²) in [5.41, 5.74) is 3.83. The fraction of sp³-hybridized carbons (Fsp3) is 0.548. The average Bonchev–Trinajstić information content (AvgIpc) is 3.22. The Morgan fingerprint density at radius 1 is 1.13 bits per heavy atom. The minimum atomic E-state index is -0.479. The highest BCUT2D eigenvalue weighted by molar-refractivity contribution is 5.99. The van der Waals surface area contributed by atoms with Crippen LogP contribution in [-0.2, 0) is 20.7 Å². The number of carbonyl (C=O) groups is 4. The third-order valence-corrected chi connectivity index (χ3v) is 7.93. The van der Waals surface area contributed by atoms with Gasteiger partial charge in [0.05, 0.1) is 5.92 Å². The van der Waals surface area contributed by atoms with Crippen molar-refractivity contribution in [3.63, 3.8) is 0 Å². The summed E-state index contributed by atoms with van der Waals surface area (Å²) in [7, 11) is 0. The van der Waals surface area contributed by atoms with Crippen LogP contribution in [0.15, 0.2) is 35.9 Å². The van der Waals surface area contributed by atoms with Gasteiger partial charge in [-0.05, 0) is 95.2 Å². The zero-order valence-electron chi connectivity index (χ0n) is 23.1. The van der Waals surface area contributed by atoms with Crippen molar-refractivity contribution in [2.75, 3.05) is 13.1 Å². The highest BCUT2D eigenvalue weighted by Gasteiger charge is 2.40. The second-order valence-corrected chi connectivity index (χ2v) is 12.1. The Kier molecular flexibility index (Phi) is 8.24. The number of nitrogens with one attached hydrogen (secondary N) is 1. The zero-order chi connectivity index (χ0) is 27.5. The van der Waals surface area contributed by atoms with Crippen LogP contribution in [0.3, 0.4) is 0 Å². The summed E-state index contributed by atoms with van der Waals surface area (Å²) >= 11 is 0. The number of hydrogen-bond donors (Lipinski definition) is 1. The molecular formula is C31H40N2O5. The van der Waals surface area contributed by atoms with E-state index in [4.69, 9.17) is 4.74 Å². The molecule has 1 atom stereocenters. The van der Waals surface area contributed by atoms with Crippen LogP contribution in [0.1, 0.15) is 94.1 Å². The number of benzene rings is 1. The maximum absolute atomic E-state index is 12.4. The van der Waals surface area contributed by atoms with E-state index in [2.05, 4.69) is 17.5 Å². The van der Waals surface area contributed by atoms with Crippen LogP contribution in [0.2, 0.25) is 0 Å². The molecule has 1 aromatic carbocycles. The van der Waals surface area contributed by atoms with Gasteiger partial charge in [-0.2, -0.15) is 0 Å². The zero-order valence-corrected chi connectivity index (χ0v) is 23.1. The van der Waals surface area contributed by atoms with Gasteiger partial charge in [0.2, 0.25) is 11.8 Å². The molecule has 1 aromatic rings. The van der Waals surface area contributed by atoms with E-state index >= 15 is 0 Å². The molecule has 3 fully saturated rings. The van der Waals surface area contributed by atoms with Gasteiger partial charge in [0.15, 0.2) is 5.78 Å². The minimum Gasteiger partial charge on any atom is -0.444 e. The number of Topliss-reactive ketones (excluding diaryl/α,β-unsaturated/α-hetero) is 1. The predicted octanol–water partition coefficient (Wildman–Crippen LogP) is 5.63. The molecule has 3 aliphatic rings. The average molecular weight is 521 g/mol. The quantitative estimate of drug-likeness (QED) is 0.309. The molecule has 2 saturated heterocycles. The van der Waals surface area contributed by atoms with E-state index in [0.29, 0.717) is 24.8 Å². The van der Waals surface area contributed by atoms with Gasteiger partial charge in [-0.25, -0.2) is 4.79 Å². The maximum atomic E-state index is 12.4. The Morgan fingerprint density at radius 3 is 2.53 bits per heavy atom. The Balaban J connectivity index is 1.37. The monoisotopic (exact) mass is 520 g/mol. The predicted molar refractivity (Wildman–Crippen MR) is 146 cm³/mol. The Morgan fingerprint density at radius 2 is 1.87 bits per heavy atom. The van der Waals surface area contributed by atoms with Crippen molar-refractivity contribution in [3.8, 4) is 0 Å². The summed E-state index contributed by atoms with van der Waals surface area (Å²) in [5, 5.41) is 2.37. The Hall–Kier alpha value is -3.22. The van der Waals surface area contributed by atoms with Crippen molar-refractivity contribution < 1.29 is 23.9 Å². The van der Waals surface area contributed by atoms with Gasteiger partial charge in [0.1, 0.15) is 5.60 Å². The summed E-state index contributed by atoms with van der Waals surface area (Å²) in [6.45, 7) is 8.74. The first-order valence-electron chi connectivity index (χ1n) is 13.7. The topological polar surface area (TPSA) is 92.8 Å². The van der Waals surface area contributed by atoms with Gasteiger partial charge in [-0.1, -0.05) is 35.9 Å². The number of carbonyl (C=O) groups excluding carboxylic acids is 4. The van der Waals surface area contributed by atoms with Gasteiger partial charge in [0, 0.05) is 25.1 Å². The summed E-state index contributed by atoms with van der Waals surface area (Å²) in [4.78, 5) is 50.0. The van der Waals surface area contributed by atoms with Gasteiger partial charge < -0.3 is 9.64 Å². The van der Waals surface area contributed by atoms with Gasteiger partial charge in [-0.3, -0.25) is 19.7 Å². The van der Waals surface area contributed by atoms with Crippen molar-refractivity contribution in [2.24, 2.45) is 11.3 Å². The van der Waals surface area contributed by atoms with Crippen molar-refractivity contribution >= 4 is 29.8 Å². The summed E-state index contributed by atoms with van der Waals surface area (Å²) in [6.07, 6.45) is 12.4. The molecule has 7 heteroatoms. The highest BCUT2D eigenvalue weighted by Crippen LogP contribution is 2.49. The first-order chi connectivity index (χ1) is 17.9. The third kappa shape index (κ3) is 7.00. The van der Waals surface area contributed by atoms with Gasteiger partial charge >= 0.3 is 6.09 Å². The molecule has 1 aliphatic carbocycles. The molecular weight excluding hydrogens is 480 g/mol.